The molecular weight excluding hydrogens is 280 g/mol. The van der Waals surface area contributed by atoms with Crippen molar-refractivity contribution in [3.63, 3.8) is 0 Å². The van der Waals surface area contributed by atoms with E-state index in [-0.39, 0.29) is 11.0 Å². The molecule has 2 aromatic carbocycles. The summed E-state index contributed by atoms with van der Waals surface area (Å²) in [6.07, 6.45) is 0.900. The number of benzene rings is 2. The average Bonchev–Trinajstić information content (AvgIpc) is 2.41. The van der Waals surface area contributed by atoms with Crippen molar-refractivity contribution in [3.05, 3.63) is 64.7 Å². The first-order valence-electron chi connectivity index (χ1n) is 8.43. The predicted molar refractivity (Wildman–Crippen MR) is 99.5 cm³/mol. The van der Waals surface area contributed by atoms with Gasteiger partial charge in [-0.25, -0.2) is 0 Å². The van der Waals surface area contributed by atoms with Gasteiger partial charge in [0.25, 0.3) is 0 Å². The van der Waals surface area contributed by atoms with E-state index in [2.05, 4.69) is 90.9 Å². The fourth-order valence-electron chi connectivity index (χ4n) is 2.68. The second kappa shape index (κ2) is 6.39. The maximum absolute atomic E-state index is 6.30. The molecule has 0 amide bonds. The van der Waals surface area contributed by atoms with E-state index >= 15 is 0 Å². The van der Waals surface area contributed by atoms with Gasteiger partial charge in [-0.2, -0.15) is 0 Å². The zero-order valence-corrected chi connectivity index (χ0v) is 15.7. The monoisotopic (exact) mass is 310 g/mol. The van der Waals surface area contributed by atoms with Gasteiger partial charge in [-0.05, 0) is 55.4 Å². The first-order chi connectivity index (χ1) is 10.6. The van der Waals surface area contributed by atoms with Crippen LogP contribution in [0.25, 0.3) is 0 Å². The van der Waals surface area contributed by atoms with Gasteiger partial charge in [0.2, 0.25) is 0 Å². The first kappa shape index (κ1) is 17.6. The van der Waals surface area contributed by atoms with Crippen LogP contribution in [0.5, 0.6) is 5.75 Å². The summed E-state index contributed by atoms with van der Waals surface area (Å²) >= 11 is 0. The van der Waals surface area contributed by atoms with Crippen LogP contribution < -0.4 is 4.74 Å². The van der Waals surface area contributed by atoms with Crippen molar-refractivity contribution in [3.8, 4) is 5.75 Å². The van der Waals surface area contributed by atoms with Crippen LogP contribution in [0.2, 0.25) is 0 Å². The van der Waals surface area contributed by atoms with Gasteiger partial charge in [0.1, 0.15) is 11.4 Å². The highest BCUT2D eigenvalue weighted by molar-refractivity contribution is 5.48. The molecule has 0 N–H and O–H groups in total. The van der Waals surface area contributed by atoms with Gasteiger partial charge in [0, 0.05) is 6.42 Å². The van der Waals surface area contributed by atoms with Gasteiger partial charge in [-0.3, -0.25) is 0 Å². The number of hydrogen-bond acceptors (Lipinski definition) is 1. The van der Waals surface area contributed by atoms with Crippen molar-refractivity contribution in [1.29, 1.82) is 0 Å². The maximum atomic E-state index is 6.30. The van der Waals surface area contributed by atoms with Gasteiger partial charge >= 0.3 is 0 Å². The second-order valence-corrected chi connectivity index (χ2v) is 8.41. The lowest BCUT2D eigenvalue weighted by Gasteiger charge is -2.28. The van der Waals surface area contributed by atoms with Crippen LogP contribution in [0, 0.1) is 6.92 Å². The third-order valence-electron chi connectivity index (χ3n) is 3.86. The number of ether oxygens (including phenoxy) is 1. The lowest BCUT2D eigenvalue weighted by Crippen LogP contribution is -2.24. The van der Waals surface area contributed by atoms with Gasteiger partial charge in [0.15, 0.2) is 0 Å². The lowest BCUT2D eigenvalue weighted by molar-refractivity contribution is 0.128. The van der Waals surface area contributed by atoms with E-state index in [1.807, 2.05) is 0 Å². The SMILES string of the molecule is Cc1cc(C(C)(C)C)cc(Cc2ccccc2)c1OC(C)(C)C. The summed E-state index contributed by atoms with van der Waals surface area (Å²) in [5, 5.41) is 0. The highest BCUT2D eigenvalue weighted by Crippen LogP contribution is 2.34. The molecule has 0 unspecified atom stereocenters. The van der Waals surface area contributed by atoms with Crippen molar-refractivity contribution in [1.82, 2.24) is 0 Å². The molecule has 0 radical (unpaired) electrons. The standard InChI is InChI=1S/C22H30O/c1-16-13-19(21(2,3)4)15-18(20(16)23-22(5,6)7)14-17-11-9-8-10-12-17/h8-13,15H,14H2,1-7H3. The number of aryl methyl sites for hydroxylation is 1. The molecule has 0 aliphatic heterocycles. The van der Waals surface area contributed by atoms with Gasteiger partial charge in [-0.15, -0.1) is 0 Å². The van der Waals surface area contributed by atoms with Crippen molar-refractivity contribution >= 4 is 0 Å². The average molecular weight is 310 g/mol. The minimum absolute atomic E-state index is 0.135. The summed E-state index contributed by atoms with van der Waals surface area (Å²) in [4.78, 5) is 0. The van der Waals surface area contributed by atoms with Crippen molar-refractivity contribution in [2.24, 2.45) is 0 Å². The summed E-state index contributed by atoms with van der Waals surface area (Å²) in [7, 11) is 0. The van der Waals surface area contributed by atoms with Crippen LogP contribution in [-0.2, 0) is 11.8 Å². The molecule has 0 saturated carbocycles. The number of hydrogen-bond donors (Lipinski definition) is 0. The largest absolute Gasteiger partial charge is 0.488 e. The van der Waals surface area contributed by atoms with Crippen LogP contribution in [-0.4, -0.2) is 5.60 Å². The van der Waals surface area contributed by atoms with E-state index in [1.54, 1.807) is 0 Å². The Labute approximate surface area is 141 Å². The summed E-state index contributed by atoms with van der Waals surface area (Å²) in [6, 6.07) is 15.2. The molecule has 0 spiro atoms. The normalized spacial score (nSPS) is 12.3. The van der Waals surface area contributed by atoms with Crippen LogP contribution in [0.1, 0.15) is 63.8 Å². The number of rotatable bonds is 3. The predicted octanol–water partition coefficient (Wildman–Crippen LogP) is 6.06. The summed E-state index contributed by atoms with van der Waals surface area (Å²) < 4.78 is 6.30. The Kier molecular flexibility index (Phi) is 4.89. The van der Waals surface area contributed by atoms with E-state index in [0.717, 1.165) is 12.2 Å². The Morgan fingerprint density at radius 3 is 2.00 bits per heavy atom. The van der Waals surface area contributed by atoms with E-state index in [0.29, 0.717) is 0 Å². The van der Waals surface area contributed by atoms with Crippen molar-refractivity contribution < 1.29 is 4.74 Å². The molecule has 1 nitrogen and oxygen atoms in total. The van der Waals surface area contributed by atoms with E-state index in [4.69, 9.17) is 4.74 Å². The molecule has 0 aliphatic rings. The zero-order valence-electron chi connectivity index (χ0n) is 15.7. The molecule has 0 aliphatic carbocycles. The zero-order chi connectivity index (χ0) is 17.3. The Morgan fingerprint density at radius 1 is 0.870 bits per heavy atom. The first-order valence-corrected chi connectivity index (χ1v) is 8.43. The van der Waals surface area contributed by atoms with Crippen LogP contribution in [0.15, 0.2) is 42.5 Å². The summed E-state index contributed by atoms with van der Waals surface area (Å²) in [5.41, 5.74) is 5.11. The van der Waals surface area contributed by atoms with Crippen molar-refractivity contribution in [2.45, 2.75) is 65.9 Å². The molecule has 2 rings (SSSR count). The van der Waals surface area contributed by atoms with Gasteiger partial charge < -0.3 is 4.74 Å². The Hall–Kier alpha value is -1.76. The van der Waals surface area contributed by atoms with Crippen LogP contribution >= 0.6 is 0 Å². The molecule has 0 bridgehead atoms. The summed E-state index contributed by atoms with van der Waals surface area (Å²) in [6.45, 7) is 15.3. The molecule has 0 saturated heterocycles. The molecule has 1 heteroatoms. The Balaban J connectivity index is 2.52. The van der Waals surface area contributed by atoms with E-state index < -0.39 is 0 Å². The smallest absolute Gasteiger partial charge is 0.126 e. The molecule has 23 heavy (non-hydrogen) atoms. The minimum Gasteiger partial charge on any atom is -0.488 e. The van der Waals surface area contributed by atoms with E-state index in [9.17, 15) is 0 Å². The minimum atomic E-state index is -0.195. The third-order valence-corrected chi connectivity index (χ3v) is 3.86. The van der Waals surface area contributed by atoms with E-state index in [1.165, 1.54) is 22.3 Å². The van der Waals surface area contributed by atoms with Crippen LogP contribution in [0.4, 0.5) is 0 Å². The second-order valence-electron chi connectivity index (χ2n) is 8.41. The quantitative estimate of drug-likeness (QED) is 0.669. The molecule has 124 valence electrons. The molecule has 0 fully saturated rings. The topological polar surface area (TPSA) is 9.23 Å². The van der Waals surface area contributed by atoms with Gasteiger partial charge in [-0.1, -0.05) is 63.2 Å². The molecule has 0 heterocycles. The van der Waals surface area contributed by atoms with Crippen LogP contribution in [0.3, 0.4) is 0 Å². The highest BCUT2D eigenvalue weighted by atomic mass is 16.5. The Bertz CT molecular complexity index is 655. The fourth-order valence-corrected chi connectivity index (χ4v) is 2.68. The molecule has 0 aromatic heterocycles. The highest BCUT2D eigenvalue weighted by Gasteiger charge is 2.21. The molecular formula is C22H30O. The van der Waals surface area contributed by atoms with Crippen molar-refractivity contribution in [2.75, 3.05) is 0 Å². The summed E-state index contributed by atoms with van der Waals surface area (Å²) in [5.74, 6) is 1.04. The molecule has 2 aromatic rings. The Morgan fingerprint density at radius 2 is 1.48 bits per heavy atom. The third kappa shape index (κ3) is 4.86. The fraction of sp³-hybridized carbons (Fsp3) is 0.455. The molecule has 0 atom stereocenters. The maximum Gasteiger partial charge on any atom is 0.126 e. The van der Waals surface area contributed by atoms with Gasteiger partial charge in [0.05, 0.1) is 0 Å². The lowest BCUT2D eigenvalue weighted by atomic mass is 9.84.